The minimum absolute atomic E-state index is 0.0448. The highest BCUT2D eigenvalue weighted by atomic mass is 16.5. The first-order chi connectivity index (χ1) is 18.3. The predicted octanol–water partition coefficient (Wildman–Crippen LogP) is 3.42. The van der Waals surface area contributed by atoms with Gasteiger partial charge in [-0.15, -0.1) is 0 Å². The summed E-state index contributed by atoms with van der Waals surface area (Å²) in [4.78, 5) is 37.1. The van der Waals surface area contributed by atoms with E-state index in [0.29, 0.717) is 23.8 Å². The van der Waals surface area contributed by atoms with Crippen LogP contribution in [0.25, 0.3) is 11.4 Å². The Morgan fingerprint density at radius 1 is 1.16 bits per heavy atom. The second-order valence-electron chi connectivity index (χ2n) is 10.1. The molecule has 1 amide bonds. The van der Waals surface area contributed by atoms with E-state index in [1.54, 1.807) is 11.6 Å². The van der Waals surface area contributed by atoms with Gasteiger partial charge in [0, 0.05) is 36.1 Å². The van der Waals surface area contributed by atoms with Crippen molar-refractivity contribution in [3.05, 3.63) is 52.3 Å². The van der Waals surface area contributed by atoms with E-state index in [1.165, 1.54) is 0 Å². The van der Waals surface area contributed by atoms with Crippen molar-refractivity contribution in [1.82, 2.24) is 30.0 Å². The lowest BCUT2D eigenvalue weighted by Crippen LogP contribution is -2.43. The molecule has 0 bridgehead atoms. The number of nitrogens with zero attached hydrogens (tertiary/aromatic N) is 5. The molecule has 0 saturated carbocycles. The van der Waals surface area contributed by atoms with Crippen LogP contribution in [0.5, 0.6) is 0 Å². The first-order valence-electron chi connectivity index (χ1n) is 13.3. The van der Waals surface area contributed by atoms with Crippen molar-refractivity contribution in [1.29, 1.82) is 0 Å². The van der Waals surface area contributed by atoms with Crippen LogP contribution in [0.3, 0.4) is 0 Å². The molecular weight excluding hydrogens is 482 g/mol. The summed E-state index contributed by atoms with van der Waals surface area (Å²) in [6.45, 7) is 6.05. The van der Waals surface area contributed by atoms with Gasteiger partial charge in [-0.3, -0.25) is 9.48 Å². The molecule has 200 valence electrons. The molecule has 2 aliphatic rings. The van der Waals surface area contributed by atoms with Gasteiger partial charge in [0.2, 0.25) is 5.95 Å². The van der Waals surface area contributed by atoms with E-state index in [4.69, 9.17) is 9.72 Å². The number of rotatable bonds is 6. The van der Waals surface area contributed by atoms with E-state index in [9.17, 15) is 9.59 Å². The summed E-state index contributed by atoms with van der Waals surface area (Å²) in [7, 11) is 3.93. The number of fused-ring (bicyclic) bond motifs is 3. The molecule has 10 nitrogen and oxygen atoms in total. The number of esters is 1. The molecule has 3 heterocycles. The van der Waals surface area contributed by atoms with Gasteiger partial charge in [-0.2, -0.15) is 5.10 Å². The van der Waals surface area contributed by atoms with Gasteiger partial charge >= 0.3 is 5.97 Å². The van der Waals surface area contributed by atoms with Crippen LogP contribution >= 0.6 is 0 Å². The highest BCUT2D eigenvalue weighted by Crippen LogP contribution is 2.34. The lowest BCUT2D eigenvalue weighted by molar-refractivity contribution is 0.0517. The van der Waals surface area contributed by atoms with Crippen LogP contribution in [0.4, 0.5) is 11.6 Å². The zero-order valence-electron chi connectivity index (χ0n) is 22.5. The van der Waals surface area contributed by atoms with Crippen LogP contribution in [0, 0.1) is 6.92 Å². The Morgan fingerprint density at radius 3 is 2.68 bits per heavy atom. The average molecular weight is 518 g/mol. The number of ether oxygens (including phenoxy) is 1. The molecule has 5 rings (SSSR count). The summed E-state index contributed by atoms with van der Waals surface area (Å²) in [6, 6.07) is 5.82. The number of aryl methyl sites for hydroxylation is 3. The van der Waals surface area contributed by atoms with Gasteiger partial charge in [-0.1, -0.05) is 0 Å². The lowest BCUT2D eigenvalue weighted by atomic mass is 10.0. The summed E-state index contributed by atoms with van der Waals surface area (Å²) < 4.78 is 6.95. The van der Waals surface area contributed by atoms with Crippen LogP contribution < -0.4 is 10.6 Å². The van der Waals surface area contributed by atoms with E-state index in [2.05, 4.69) is 32.7 Å². The van der Waals surface area contributed by atoms with Crippen LogP contribution in [0.1, 0.15) is 63.7 Å². The first-order valence-corrected chi connectivity index (χ1v) is 13.3. The van der Waals surface area contributed by atoms with E-state index < -0.39 is 5.97 Å². The summed E-state index contributed by atoms with van der Waals surface area (Å²) in [5, 5.41) is 11.0. The lowest BCUT2D eigenvalue weighted by Gasteiger charge is -2.29. The summed E-state index contributed by atoms with van der Waals surface area (Å²) >= 11 is 0. The minimum Gasteiger partial charge on any atom is -0.461 e. The van der Waals surface area contributed by atoms with Crippen molar-refractivity contribution in [3.8, 4) is 11.4 Å². The van der Waals surface area contributed by atoms with Crippen molar-refractivity contribution in [2.24, 2.45) is 7.05 Å². The standard InChI is InChI=1S/C28H35N7O3/c1-5-38-27(37)24-21-8-6-7-19-16-29-28(32-23(19)25(21)35(4)33-24)31-22-10-9-18(15-17(22)2)26(36)30-20-11-13-34(3)14-12-20/h9-10,15-16,20H,5-8,11-14H2,1-4H3,(H,30,36)(H,29,31,32). The van der Waals surface area contributed by atoms with Crippen molar-refractivity contribution in [2.45, 2.75) is 52.0 Å². The normalized spacial score (nSPS) is 15.8. The Morgan fingerprint density at radius 2 is 1.95 bits per heavy atom. The van der Waals surface area contributed by atoms with Crippen LogP contribution in [-0.2, 0) is 24.6 Å². The molecule has 3 aromatic rings. The molecule has 0 atom stereocenters. The Balaban J connectivity index is 1.36. The maximum absolute atomic E-state index is 12.8. The monoisotopic (exact) mass is 517 g/mol. The van der Waals surface area contributed by atoms with Crippen molar-refractivity contribution in [3.63, 3.8) is 0 Å². The van der Waals surface area contributed by atoms with E-state index in [1.807, 2.05) is 38.4 Å². The highest BCUT2D eigenvalue weighted by molar-refractivity contribution is 5.95. The van der Waals surface area contributed by atoms with E-state index in [-0.39, 0.29) is 11.9 Å². The van der Waals surface area contributed by atoms with E-state index >= 15 is 0 Å². The number of benzene rings is 1. The number of amides is 1. The molecule has 0 radical (unpaired) electrons. The van der Waals surface area contributed by atoms with E-state index in [0.717, 1.165) is 79.0 Å². The second kappa shape index (κ2) is 10.9. The fraction of sp³-hybridized carbons (Fsp3) is 0.464. The van der Waals surface area contributed by atoms with Gasteiger partial charge in [-0.25, -0.2) is 14.8 Å². The smallest absolute Gasteiger partial charge is 0.359 e. The molecule has 1 fully saturated rings. The summed E-state index contributed by atoms with van der Waals surface area (Å²) in [6.07, 6.45) is 6.18. The molecule has 10 heteroatoms. The van der Waals surface area contributed by atoms with Crippen molar-refractivity contribution < 1.29 is 14.3 Å². The van der Waals surface area contributed by atoms with Crippen LogP contribution in [-0.4, -0.2) is 69.3 Å². The maximum atomic E-state index is 12.8. The van der Waals surface area contributed by atoms with Gasteiger partial charge in [0.1, 0.15) is 0 Å². The van der Waals surface area contributed by atoms with Crippen LogP contribution in [0.2, 0.25) is 0 Å². The first kappa shape index (κ1) is 25.8. The van der Waals surface area contributed by atoms with Gasteiger partial charge in [0.15, 0.2) is 5.69 Å². The van der Waals surface area contributed by atoms with Crippen molar-refractivity contribution in [2.75, 3.05) is 32.1 Å². The molecule has 0 unspecified atom stereocenters. The fourth-order valence-electron chi connectivity index (χ4n) is 5.26. The number of piperidine rings is 1. The SMILES string of the molecule is CCOC(=O)c1nn(C)c2c1CCCc1cnc(Nc3ccc(C(=O)NC4CCN(C)CC4)cc3C)nc1-2. The molecule has 38 heavy (non-hydrogen) atoms. The average Bonchev–Trinajstić information content (AvgIpc) is 3.11. The van der Waals surface area contributed by atoms with Gasteiger partial charge < -0.3 is 20.3 Å². The fourth-order valence-corrected chi connectivity index (χ4v) is 5.26. The molecule has 1 aliphatic heterocycles. The number of likely N-dealkylation sites (tertiary alicyclic amines) is 1. The zero-order valence-corrected chi connectivity index (χ0v) is 22.5. The maximum Gasteiger partial charge on any atom is 0.359 e. The highest BCUT2D eigenvalue weighted by Gasteiger charge is 2.28. The topological polar surface area (TPSA) is 114 Å². The van der Waals surface area contributed by atoms with Crippen LogP contribution in [0.15, 0.2) is 24.4 Å². The third-order valence-electron chi connectivity index (χ3n) is 7.36. The number of aromatic nitrogens is 4. The number of carbonyl (C=O) groups is 2. The molecule has 1 aliphatic carbocycles. The third kappa shape index (κ3) is 5.26. The second-order valence-corrected chi connectivity index (χ2v) is 10.1. The quantitative estimate of drug-likeness (QED) is 0.478. The Labute approximate surface area is 222 Å². The van der Waals surface area contributed by atoms with Crippen molar-refractivity contribution >= 4 is 23.5 Å². The Kier molecular flexibility index (Phi) is 7.42. The number of hydrogen-bond acceptors (Lipinski definition) is 8. The van der Waals surface area contributed by atoms with Gasteiger partial charge in [0.05, 0.1) is 18.0 Å². The predicted molar refractivity (Wildman–Crippen MR) is 145 cm³/mol. The Hall–Kier alpha value is -3.79. The third-order valence-corrected chi connectivity index (χ3v) is 7.36. The molecule has 1 aromatic carbocycles. The number of nitrogens with one attached hydrogen (secondary N) is 2. The number of carbonyl (C=O) groups excluding carboxylic acids is 2. The van der Waals surface area contributed by atoms with Gasteiger partial charge in [0.25, 0.3) is 5.91 Å². The number of hydrogen-bond donors (Lipinski definition) is 2. The Bertz CT molecular complexity index is 1360. The molecular formula is C28H35N7O3. The largest absolute Gasteiger partial charge is 0.461 e. The van der Waals surface area contributed by atoms with Gasteiger partial charge in [-0.05, 0) is 95.4 Å². The summed E-state index contributed by atoms with van der Waals surface area (Å²) in [5.41, 5.74) is 6.22. The molecule has 0 spiro atoms. The molecule has 2 aromatic heterocycles. The number of anilines is 2. The molecule has 1 saturated heterocycles. The minimum atomic E-state index is -0.407. The molecule has 2 N–H and O–H groups in total. The summed E-state index contributed by atoms with van der Waals surface area (Å²) in [5.74, 6) is -0.00508. The zero-order chi connectivity index (χ0) is 26.8.